The number of β-amino-alcohol motifs (C(OH)–C–C–N with tert-alkyl or cyclic N) is 1. The second kappa shape index (κ2) is 9.60. The average molecular weight is 409 g/mol. The van der Waals surface area contributed by atoms with Crippen molar-refractivity contribution in [3.05, 3.63) is 44.8 Å². The minimum atomic E-state index is -0.298. The Bertz CT molecular complexity index is 665. The van der Waals surface area contributed by atoms with Gasteiger partial charge in [-0.15, -0.1) is 0 Å². The molecule has 0 aliphatic carbocycles. The van der Waals surface area contributed by atoms with Gasteiger partial charge >= 0.3 is 0 Å². The lowest BCUT2D eigenvalue weighted by atomic mass is 10.1. The Labute approximate surface area is 169 Å². The molecule has 2 aliphatic heterocycles. The first kappa shape index (κ1) is 19.5. The number of morpholine rings is 2. The van der Waals surface area contributed by atoms with Crippen LogP contribution in [-0.4, -0.2) is 73.5 Å². The molecule has 0 amide bonds. The van der Waals surface area contributed by atoms with Crippen molar-refractivity contribution in [3.63, 3.8) is 0 Å². The third-order valence-corrected chi connectivity index (χ3v) is 6.78. The minimum Gasteiger partial charge on any atom is -0.392 e. The fraction of sp³-hybridized carbons (Fsp3) is 0.600. The van der Waals surface area contributed by atoms with Gasteiger partial charge in [0.25, 0.3) is 0 Å². The second-order valence-corrected chi connectivity index (χ2v) is 8.89. The summed E-state index contributed by atoms with van der Waals surface area (Å²) in [4.78, 5) is 4.76. The van der Waals surface area contributed by atoms with Crippen LogP contribution in [-0.2, 0) is 9.47 Å². The number of hydrogen-bond acceptors (Lipinski definition) is 7. The lowest BCUT2D eigenvalue weighted by Crippen LogP contribution is -2.44. The first-order valence-corrected chi connectivity index (χ1v) is 11.6. The topological polar surface area (TPSA) is 45.2 Å². The van der Waals surface area contributed by atoms with Gasteiger partial charge in [-0.1, -0.05) is 0 Å². The first-order chi connectivity index (χ1) is 13.3. The summed E-state index contributed by atoms with van der Waals surface area (Å²) < 4.78 is 11.8. The number of rotatable bonds is 7. The minimum absolute atomic E-state index is 0.141. The zero-order chi connectivity index (χ0) is 18.5. The highest BCUT2D eigenvalue weighted by molar-refractivity contribution is 7.08. The van der Waals surface area contributed by atoms with E-state index in [2.05, 4.69) is 43.5 Å². The number of hydrogen-bond donors (Lipinski definition) is 1. The van der Waals surface area contributed by atoms with Gasteiger partial charge < -0.3 is 14.6 Å². The Balaban J connectivity index is 1.21. The van der Waals surface area contributed by atoms with E-state index in [1.165, 1.54) is 11.1 Å². The van der Waals surface area contributed by atoms with Crippen LogP contribution in [0.25, 0.3) is 0 Å². The van der Waals surface area contributed by atoms with Crippen LogP contribution in [0.3, 0.4) is 0 Å². The largest absolute Gasteiger partial charge is 0.392 e. The third kappa shape index (κ3) is 5.38. The zero-order valence-corrected chi connectivity index (χ0v) is 17.2. The van der Waals surface area contributed by atoms with Crippen LogP contribution in [0, 0.1) is 0 Å². The maximum absolute atomic E-state index is 10.6. The standard InChI is InChI=1S/C20H28N2O3S2/c23-18(11-22-6-8-25-20(13-22)17-3-10-27-15-17)1-4-21-5-7-24-19(12-21)16-2-9-26-14-16/h2-3,9-10,14-15,18-20,23H,1,4-8,11-13H2/t18-,19-,20-/m1/s1. The Morgan fingerprint density at radius 3 is 2.15 bits per heavy atom. The quantitative estimate of drug-likeness (QED) is 0.763. The summed E-state index contributed by atoms with van der Waals surface area (Å²) in [7, 11) is 0. The Morgan fingerprint density at radius 1 is 0.963 bits per heavy atom. The lowest BCUT2D eigenvalue weighted by Gasteiger charge is -2.35. The monoisotopic (exact) mass is 408 g/mol. The van der Waals surface area contributed by atoms with E-state index in [1.54, 1.807) is 22.7 Å². The molecule has 2 aromatic heterocycles. The molecule has 0 aromatic carbocycles. The van der Waals surface area contributed by atoms with Gasteiger partial charge in [-0.3, -0.25) is 9.80 Å². The lowest BCUT2D eigenvalue weighted by molar-refractivity contribution is -0.0485. The molecule has 4 rings (SSSR count). The molecular formula is C20H28N2O3S2. The maximum atomic E-state index is 10.6. The summed E-state index contributed by atoms with van der Waals surface area (Å²) in [5, 5.41) is 19.1. The molecule has 7 heteroatoms. The van der Waals surface area contributed by atoms with Crippen molar-refractivity contribution in [1.29, 1.82) is 0 Å². The van der Waals surface area contributed by atoms with Crippen molar-refractivity contribution in [3.8, 4) is 0 Å². The fourth-order valence-electron chi connectivity index (χ4n) is 3.81. The predicted octanol–water partition coefficient (Wildman–Crippen LogP) is 3.01. The average Bonchev–Trinajstić information content (AvgIpc) is 3.41. The highest BCUT2D eigenvalue weighted by Gasteiger charge is 2.25. The van der Waals surface area contributed by atoms with Crippen molar-refractivity contribution < 1.29 is 14.6 Å². The van der Waals surface area contributed by atoms with E-state index in [0.29, 0.717) is 0 Å². The van der Waals surface area contributed by atoms with Gasteiger partial charge in [0.2, 0.25) is 0 Å². The predicted molar refractivity (Wildman–Crippen MR) is 110 cm³/mol. The SMILES string of the molecule is O[C@H](CCN1CCO[C@@H](c2ccsc2)C1)CN1CCO[C@@H](c2ccsc2)C1. The van der Waals surface area contributed by atoms with Crippen LogP contribution in [0.2, 0.25) is 0 Å². The van der Waals surface area contributed by atoms with Crippen molar-refractivity contribution in [2.24, 2.45) is 0 Å². The smallest absolute Gasteiger partial charge is 0.0960 e. The van der Waals surface area contributed by atoms with Crippen LogP contribution in [0.4, 0.5) is 0 Å². The Morgan fingerprint density at radius 2 is 1.56 bits per heavy atom. The van der Waals surface area contributed by atoms with Crippen molar-refractivity contribution >= 4 is 22.7 Å². The van der Waals surface area contributed by atoms with Crippen LogP contribution in [0.1, 0.15) is 29.8 Å². The van der Waals surface area contributed by atoms with E-state index in [9.17, 15) is 5.11 Å². The molecule has 0 radical (unpaired) electrons. The van der Waals surface area contributed by atoms with Gasteiger partial charge in [0.05, 0.1) is 31.5 Å². The highest BCUT2D eigenvalue weighted by atomic mass is 32.1. The summed E-state index contributed by atoms with van der Waals surface area (Å²) in [6, 6.07) is 4.29. The number of ether oxygens (including phenoxy) is 2. The summed E-state index contributed by atoms with van der Waals surface area (Å²) >= 11 is 3.43. The van der Waals surface area contributed by atoms with Crippen LogP contribution in [0.5, 0.6) is 0 Å². The summed E-state index contributed by atoms with van der Waals surface area (Å²) in [5.74, 6) is 0. The zero-order valence-electron chi connectivity index (χ0n) is 15.5. The molecule has 5 nitrogen and oxygen atoms in total. The van der Waals surface area contributed by atoms with E-state index < -0.39 is 0 Å². The molecular weight excluding hydrogens is 380 g/mol. The van der Waals surface area contributed by atoms with Gasteiger partial charge in [-0.05, 0) is 51.2 Å². The van der Waals surface area contributed by atoms with Gasteiger partial charge in [0.15, 0.2) is 0 Å². The molecule has 0 spiro atoms. The number of nitrogens with zero attached hydrogens (tertiary/aromatic N) is 2. The Hall–Kier alpha value is -0.800. The molecule has 0 unspecified atom stereocenters. The molecule has 2 fully saturated rings. The van der Waals surface area contributed by atoms with Gasteiger partial charge in [-0.25, -0.2) is 0 Å². The number of aliphatic hydroxyl groups is 1. The van der Waals surface area contributed by atoms with Crippen LogP contribution >= 0.6 is 22.7 Å². The van der Waals surface area contributed by atoms with Gasteiger partial charge in [-0.2, -0.15) is 22.7 Å². The molecule has 2 saturated heterocycles. The Kier molecular flexibility index (Phi) is 6.94. The van der Waals surface area contributed by atoms with E-state index in [4.69, 9.17) is 9.47 Å². The van der Waals surface area contributed by atoms with E-state index >= 15 is 0 Å². The third-order valence-electron chi connectivity index (χ3n) is 5.38. The van der Waals surface area contributed by atoms with Crippen molar-refractivity contribution in [2.75, 3.05) is 52.5 Å². The molecule has 2 aliphatic rings. The van der Waals surface area contributed by atoms with Gasteiger partial charge in [0.1, 0.15) is 0 Å². The summed E-state index contributed by atoms with van der Waals surface area (Å²) in [6.07, 6.45) is 0.820. The maximum Gasteiger partial charge on any atom is 0.0960 e. The first-order valence-electron chi connectivity index (χ1n) is 9.68. The van der Waals surface area contributed by atoms with E-state index in [0.717, 1.165) is 58.9 Å². The molecule has 27 heavy (non-hydrogen) atoms. The summed E-state index contributed by atoms with van der Waals surface area (Å²) in [6.45, 7) is 6.78. The fourth-order valence-corrected chi connectivity index (χ4v) is 5.22. The number of aliphatic hydroxyl groups excluding tert-OH is 1. The van der Waals surface area contributed by atoms with E-state index in [1.807, 2.05) is 0 Å². The van der Waals surface area contributed by atoms with Crippen LogP contribution in [0.15, 0.2) is 33.7 Å². The van der Waals surface area contributed by atoms with Crippen molar-refractivity contribution in [1.82, 2.24) is 9.80 Å². The number of thiophene rings is 2. The molecule has 0 saturated carbocycles. The van der Waals surface area contributed by atoms with E-state index in [-0.39, 0.29) is 18.3 Å². The molecule has 0 bridgehead atoms. The van der Waals surface area contributed by atoms with Gasteiger partial charge in [0, 0.05) is 39.3 Å². The molecule has 2 aromatic rings. The summed E-state index contributed by atoms with van der Waals surface area (Å²) in [5.41, 5.74) is 2.53. The normalized spacial score (nSPS) is 26.3. The molecule has 3 atom stereocenters. The highest BCUT2D eigenvalue weighted by Crippen LogP contribution is 2.25. The van der Waals surface area contributed by atoms with Crippen LogP contribution < -0.4 is 0 Å². The molecule has 148 valence electrons. The second-order valence-electron chi connectivity index (χ2n) is 7.33. The molecule has 1 N–H and O–H groups in total. The van der Waals surface area contributed by atoms with Crippen molar-refractivity contribution in [2.45, 2.75) is 24.7 Å². The molecule has 4 heterocycles.